The molecule has 0 aromatic carbocycles. The van der Waals surface area contributed by atoms with Crippen molar-refractivity contribution in [1.29, 1.82) is 0 Å². The molecule has 2 N–H and O–H groups in total. The number of hydrogen-bond acceptors (Lipinski definition) is 4. The molecule has 0 spiro atoms. The van der Waals surface area contributed by atoms with Crippen molar-refractivity contribution in [3.05, 3.63) is 17.5 Å². The first-order valence-corrected chi connectivity index (χ1v) is 7.16. The highest BCUT2D eigenvalue weighted by atomic mass is 16.2. The number of hydrogen-bond donors (Lipinski definition) is 2. The Bertz CT molecular complexity index is 522. The third-order valence-electron chi connectivity index (χ3n) is 3.60. The molecule has 1 aromatic heterocycles. The first-order chi connectivity index (χ1) is 10.1. The minimum atomic E-state index is -0.178. The van der Waals surface area contributed by atoms with Crippen molar-refractivity contribution in [1.82, 2.24) is 20.4 Å². The lowest BCUT2D eigenvalue weighted by Gasteiger charge is -2.13. The zero-order chi connectivity index (χ0) is 15.2. The molecule has 1 aliphatic heterocycles. The van der Waals surface area contributed by atoms with Gasteiger partial charge in [-0.2, -0.15) is 5.10 Å². The molecule has 2 heterocycles. The van der Waals surface area contributed by atoms with Crippen LogP contribution in [0.1, 0.15) is 36.9 Å². The van der Waals surface area contributed by atoms with Crippen molar-refractivity contribution in [3.8, 4) is 0 Å². The number of amides is 3. The van der Waals surface area contributed by atoms with Crippen LogP contribution in [-0.2, 0) is 20.8 Å². The smallest absolute Gasteiger partial charge is 0.229 e. The molecule has 7 nitrogen and oxygen atoms in total. The summed E-state index contributed by atoms with van der Waals surface area (Å²) in [5, 5.41) is 9.61. The molecule has 0 aliphatic carbocycles. The Labute approximate surface area is 123 Å². The highest BCUT2D eigenvalue weighted by molar-refractivity contribution is 6.02. The standard InChI is InChI=1S/C14H20N4O3/c1-10-11(9-16-17-10)3-2-7-15-12(19)6-8-18-13(20)4-5-14(18)21/h9H,2-8H2,1H3,(H,15,19)(H,16,17). The van der Waals surface area contributed by atoms with Crippen LogP contribution in [0.3, 0.4) is 0 Å². The van der Waals surface area contributed by atoms with E-state index < -0.39 is 0 Å². The fraction of sp³-hybridized carbons (Fsp3) is 0.571. The van der Waals surface area contributed by atoms with Crippen molar-refractivity contribution in [2.45, 2.75) is 39.0 Å². The zero-order valence-electron chi connectivity index (χ0n) is 12.1. The highest BCUT2D eigenvalue weighted by Crippen LogP contribution is 2.11. The lowest BCUT2D eigenvalue weighted by molar-refractivity contribution is -0.138. The number of aromatic nitrogens is 2. The van der Waals surface area contributed by atoms with Crippen LogP contribution in [0.5, 0.6) is 0 Å². The van der Waals surface area contributed by atoms with E-state index in [1.807, 2.05) is 6.92 Å². The van der Waals surface area contributed by atoms with Crippen LogP contribution >= 0.6 is 0 Å². The van der Waals surface area contributed by atoms with Gasteiger partial charge in [-0.25, -0.2) is 0 Å². The lowest BCUT2D eigenvalue weighted by Crippen LogP contribution is -2.34. The molecule has 1 fully saturated rings. The van der Waals surface area contributed by atoms with Gasteiger partial charge in [0.05, 0.1) is 6.20 Å². The average Bonchev–Trinajstić information content (AvgIpc) is 3.00. The van der Waals surface area contributed by atoms with Gasteiger partial charge in [0.25, 0.3) is 0 Å². The minimum Gasteiger partial charge on any atom is -0.356 e. The molecule has 1 saturated heterocycles. The van der Waals surface area contributed by atoms with Gasteiger partial charge in [-0.3, -0.25) is 24.4 Å². The van der Waals surface area contributed by atoms with Gasteiger partial charge in [0, 0.05) is 38.0 Å². The van der Waals surface area contributed by atoms with E-state index in [1.54, 1.807) is 6.20 Å². The molecular weight excluding hydrogens is 272 g/mol. The van der Waals surface area contributed by atoms with E-state index in [-0.39, 0.29) is 43.5 Å². The SMILES string of the molecule is Cc1[nH]ncc1CCCNC(=O)CCN1C(=O)CCC1=O. The van der Waals surface area contributed by atoms with Crippen LogP contribution in [0.2, 0.25) is 0 Å². The number of aromatic amines is 1. The molecule has 0 saturated carbocycles. The predicted octanol–water partition coefficient (Wildman–Crippen LogP) is 0.306. The maximum Gasteiger partial charge on any atom is 0.229 e. The molecule has 1 aromatic rings. The number of rotatable bonds is 7. The number of aryl methyl sites for hydroxylation is 2. The summed E-state index contributed by atoms with van der Waals surface area (Å²) >= 11 is 0. The molecule has 1 aliphatic rings. The summed E-state index contributed by atoms with van der Waals surface area (Å²) in [7, 11) is 0. The van der Waals surface area contributed by atoms with E-state index in [0.717, 1.165) is 24.1 Å². The summed E-state index contributed by atoms with van der Waals surface area (Å²) in [6.07, 6.45) is 4.18. The monoisotopic (exact) mass is 292 g/mol. The van der Waals surface area contributed by atoms with Gasteiger partial charge in [-0.15, -0.1) is 0 Å². The summed E-state index contributed by atoms with van der Waals surface area (Å²) in [4.78, 5) is 35.6. The van der Waals surface area contributed by atoms with E-state index in [2.05, 4.69) is 15.5 Å². The molecule has 0 bridgehead atoms. The molecule has 0 unspecified atom stereocenters. The number of carbonyl (C=O) groups is 3. The van der Waals surface area contributed by atoms with Crippen LogP contribution in [0, 0.1) is 6.92 Å². The van der Waals surface area contributed by atoms with Gasteiger partial charge in [-0.05, 0) is 25.3 Å². The topological polar surface area (TPSA) is 95.2 Å². The predicted molar refractivity (Wildman–Crippen MR) is 75.2 cm³/mol. The third kappa shape index (κ3) is 4.14. The minimum absolute atomic E-state index is 0.133. The fourth-order valence-corrected chi connectivity index (χ4v) is 2.31. The lowest BCUT2D eigenvalue weighted by atomic mass is 10.1. The molecule has 0 radical (unpaired) electrons. The Morgan fingerprint density at radius 3 is 2.71 bits per heavy atom. The molecule has 21 heavy (non-hydrogen) atoms. The fourth-order valence-electron chi connectivity index (χ4n) is 2.31. The Hall–Kier alpha value is -2.18. The van der Waals surface area contributed by atoms with Crippen LogP contribution < -0.4 is 5.32 Å². The second-order valence-electron chi connectivity index (χ2n) is 5.16. The van der Waals surface area contributed by atoms with E-state index in [0.29, 0.717) is 6.54 Å². The van der Waals surface area contributed by atoms with Crippen LogP contribution in [-0.4, -0.2) is 45.9 Å². The van der Waals surface area contributed by atoms with Gasteiger partial charge < -0.3 is 5.32 Å². The van der Waals surface area contributed by atoms with Crippen LogP contribution in [0.4, 0.5) is 0 Å². The summed E-state index contributed by atoms with van der Waals surface area (Å²) in [6, 6.07) is 0. The quantitative estimate of drug-likeness (QED) is 0.558. The van der Waals surface area contributed by atoms with Crippen molar-refractivity contribution in [2.75, 3.05) is 13.1 Å². The zero-order valence-corrected chi connectivity index (χ0v) is 12.1. The van der Waals surface area contributed by atoms with E-state index in [4.69, 9.17) is 0 Å². The Kier molecular flexibility index (Phi) is 5.08. The maximum absolute atomic E-state index is 11.7. The summed E-state index contributed by atoms with van der Waals surface area (Å²) in [5.74, 6) is -0.488. The van der Waals surface area contributed by atoms with Gasteiger partial charge in [-0.1, -0.05) is 0 Å². The third-order valence-corrected chi connectivity index (χ3v) is 3.60. The Balaban J connectivity index is 1.61. The Morgan fingerprint density at radius 2 is 2.10 bits per heavy atom. The second kappa shape index (κ2) is 7.01. The normalized spacial score (nSPS) is 14.8. The van der Waals surface area contributed by atoms with E-state index in [9.17, 15) is 14.4 Å². The van der Waals surface area contributed by atoms with Gasteiger partial charge >= 0.3 is 0 Å². The first-order valence-electron chi connectivity index (χ1n) is 7.16. The van der Waals surface area contributed by atoms with Crippen molar-refractivity contribution >= 4 is 17.7 Å². The van der Waals surface area contributed by atoms with Gasteiger partial charge in [0.15, 0.2) is 0 Å². The first kappa shape index (κ1) is 15.2. The molecule has 7 heteroatoms. The number of likely N-dealkylation sites (tertiary alicyclic amines) is 1. The van der Waals surface area contributed by atoms with Crippen molar-refractivity contribution < 1.29 is 14.4 Å². The van der Waals surface area contributed by atoms with Crippen molar-refractivity contribution in [2.24, 2.45) is 0 Å². The molecular formula is C14H20N4O3. The molecule has 2 rings (SSSR count). The van der Waals surface area contributed by atoms with Gasteiger partial charge in [0.1, 0.15) is 0 Å². The summed E-state index contributed by atoms with van der Waals surface area (Å²) < 4.78 is 0. The molecule has 3 amide bonds. The number of nitrogens with one attached hydrogen (secondary N) is 2. The number of imide groups is 1. The van der Waals surface area contributed by atoms with Crippen molar-refractivity contribution in [3.63, 3.8) is 0 Å². The number of nitrogens with zero attached hydrogens (tertiary/aromatic N) is 2. The second-order valence-corrected chi connectivity index (χ2v) is 5.16. The van der Waals surface area contributed by atoms with Gasteiger partial charge in [0.2, 0.25) is 17.7 Å². The largest absolute Gasteiger partial charge is 0.356 e. The summed E-state index contributed by atoms with van der Waals surface area (Å²) in [5.41, 5.74) is 2.20. The Morgan fingerprint density at radius 1 is 1.38 bits per heavy atom. The number of H-pyrrole nitrogens is 1. The van der Waals surface area contributed by atoms with E-state index >= 15 is 0 Å². The summed E-state index contributed by atoms with van der Waals surface area (Å²) in [6.45, 7) is 2.72. The molecule has 0 atom stereocenters. The van der Waals surface area contributed by atoms with Crippen LogP contribution in [0.15, 0.2) is 6.20 Å². The molecule has 114 valence electrons. The average molecular weight is 292 g/mol. The highest BCUT2D eigenvalue weighted by Gasteiger charge is 2.28. The number of carbonyl (C=O) groups excluding carboxylic acids is 3. The van der Waals surface area contributed by atoms with E-state index in [1.165, 1.54) is 4.90 Å². The van der Waals surface area contributed by atoms with Crippen LogP contribution in [0.25, 0.3) is 0 Å². The maximum atomic E-state index is 11.7.